The summed E-state index contributed by atoms with van der Waals surface area (Å²) in [5.74, 6) is -0.0981. The minimum absolute atomic E-state index is 0.0981. The van der Waals surface area contributed by atoms with Crippen LogP contribution in [0.15, 0.2) is 18.3 Å². The molecule has 3 rings (SSSR count). The van der Waals surface area contributed by atoms with Gasteiger partial charge in [0.2, 0.25) is 0 Å². The SMILES string of the molecule is O=C(O)N1CCN(C(=O)c2cc3nccc(Cl)c3s2)CC1. The number of fused-ring (bicyclic) bond motifs is 1. The molecule has 0 spiro atoms. The van der Waals surface area contributed by atoms with Gasteiger partial charge in [0.15, 0.2) is 0 Å². The number of aromatic nitrogens is 1. The Labute approximate surface area is 129 Å². The van der Waals surface area contributed by atoms with Crippen LogP contribution in [0, 0.1) is 0 Å². The van der Waals surface area contributed by atoms with Gasteiger partial charge in [-0.15, -0.1) is 11.3 Å². The molecule has 3 heterocycles. The predicted molar refractivity (Wildman–Crippen MR) is 80.1 cm³/mol. The zero-order valence-electron chi connectivity index (χ0n) is 11.0. The van der Waals surface area contributed by atoms with E-state index in [4.69, 9.17) is 16.7 Å². The number of piperazine rings is 1. The second kappa shape index (κ2) is 5.50. The fraction of sp³-hybridized carbons (Fsp3) is 0.308. The maximum atomic E-state index is 12.5. The van der Waals surface area contributed by atoms with Gasteiger partial charge >= 0.3 is 6.09 Å². The van der Waals surface area contributed by atoms with E-state index >= 15 is 0 Å². The maximum absolute atomic E-state index is 12.5. The third-order valence-electron chi connectivity index (χ3n) is 3.41. The van der Waals surface area contributed by atoms with Crippen molar-refractivity contribution in [1.29, 1.82) is 0 Å². The number of hydrogen-bond acceptors (Lipinski definition) is 4. The molecular weight excluding hydrogens is 314 g/mol. The van der Waals surface area contributed by atoms with Gasteiger partial charge in [0.1, 0.15) is 0 Å². The molecule has 0 atom stereocenters. The Balaban J connectivity index is 1.78. The Morgan fingerprint density at radius 1 is 1.24 bits per heavy atom. The van der Waals surface area contributed by atoms with E-state index in [-0.39, 0.29) is 5.91 Å². The Hall–Kier alpha value is -1.86. The highest BCUT2D eigenvalue weighted by Gasteiger charge is 2.25. The highest BCUT2D eigenvalue weighted by molar-refractivity contribution is 7.21. The molecule has 1 aliphatic heterocycles. The summed E-state index contributed by atoms with van der Waals surface area (Å²) >= 11 is 7.41. The van der Waals surface area contributed by atoms with Crippen LogP contribution >= 0.6 is 22.9 Å². The van der Waals surface area contributed by atoms with Crippen LogP contribution in [0.4, 0.5) is 4.79 Å². The third kappa shape index (κ3) is 2.66. The zero-order chi connectivity index (χ0) is 15.0. The molecular formula is C13H12ClN3O3S. The van der Waals surface area contributed by atoms with E-state index in [1.165, 1.54) is 16.2 Å². The number of carbonyl (C=O) groups excluding carboxylic acids is 1. The molecule has 1 N–H and O–H groups in total. The standard InChI is InChI=1S/C13H12ClN3O3S/c14-8-1-2-15-9-7-10(21-11(8)9)12(18)16-3-5-17(6-4-16)13(19)20/h1-2,7H,3-6H2,(H,19,20). The number of rotatable bonds is 1. The van der Waals surface area contributed by atoms with Crippen LogP contribution in [0.25, 0.3) is 10.2 Å². The molecule has 2 amide bonds. The van der Waals surface area contributed by atoms with Gasteiger partial charge in [0, 0.05) is 32.4 Å². The Morgan fingerprint density at radius 3 is 2.52 bits per heavy atom. The zero-order valence-corrected chi connectivity index (χ0v) is 12.5. The van der Waals surface area contributed by atoms with Crippen LogP contribution in [0.1, 0.15) is 9.67 Å². The number of thiophene rings is 1. The Bertz CT molecular complexity index is 710. The topological polar surface area (TPSA) is 73.7 Å². The fourth-order valence-electron chi connectivity index (χ4n) is 2.27. The van der Waals surface area contributed by atoms with E-state index in [1.54, 1.807) is 23.2 Å². The van der Waals surface area contributed by atoms with Crippen molar-refractivity contribution in [1.82, 2.24) is 14.8 Å². The van der Waals surface area contributed by atoms with Crippen molar-refractivity contribution in [3.8, 4) is 0 Å². The highest BCUT2D eigenvalue weighted by Crippen LogP contribution is 2.31. The summed E-state index contributed by atoms with van der Waals surface area (Å²) < 4.78 is 0.798. The molecule has 6 nitrogen and oxygen atoms in total. The van der Waals surface area contributed by atoms with Gasteiger partial charge in [-0.2, -0.15) is 0 Å². The summed E-state index contributed by atoms with van der Waals surface area (Å²) in [7, 11) is 0. The fourth-order valence-corrected chi connectivity index (χ4v) is 3.53. The van der Waals surface area contributed by atoms with Gasteiger partial charge in [-0.05, 0) is 12.1 Å². The molecule has 0 bridgehead atoms. The van der Waals surface area contributed by atoms with Crippen molar-refractivity contribution in [3.63, 3.8) is 0 Å². The molecule has 0 radical (unpaired) electrons. The average Bonchev–Trinajstić information content (AvgIpc) is 2.92. The largest absolute Gasteiger partial charge is 0.465 e. The van der Waals surface area contributed by atoms with E-state index in [2.05, 4.69) is 4.98 Å². The molecule has 110 valence electrons. The summed E-state index contributed by atoms with van der Waals surface area (Å²) in [4.78, 5) is 31.1. The monoisotopic (exact) mass is 325 g/mol. The number of pyridine rings is 1. The second-order valence-electron chi connectivity index (χ2n) is 4.68. The number of nitrogens with zero attached hydrogens (tertiary/aromatic N) is 3. The van der Waals surface area contributed by atoms with Crippen molar-refractivity contribution >= 4 is 45.2 Å². The van der Waals surface area contributed by atoms with E-state index < -0.39 is 6.09 Å². The molecule has 8 heteroatoms. The van der Waals surface area contributed by atoms with Gasteiger partial charge in [0.25, 0.3) is 5.91 Å². The van der Waals surface area contributed by atoms with Crippen LogP contribution in [0.5, 0.6) is 0 Å². The Kier molecular flexibility index (Phi) is 3.69. The summed E-state index contributed by atoms with van der Waals surface area (Å²) in [6.07, 6.45) is 0.664. The molecule has 0 unspecified atom stereocenters. The summed E-state index contributed by atoms with van der Waals surface area (Å²) in [6, 6.07) is 3.43. The first-order chi connectivity index (χ1) is 10.1. The van der Waals surface area contributed by atoms with Crippen molar-refractivity contribution in [2.45, 2.75) is 0 Å². The van der Waals surface area contributed by atoms with Crippen LogP contribution in [0.3, 0.4) is 0 Å². The lowest BCUT2D eigenvalue weighted by atomic mass is 10.3. The van der Waals surface area contributed by atoms with Crippen LogP contribution in [0.2, 0.25) is 5.02 Å². The number of halogens is 1. The molecule has 1 aliphatic rings. The first kappa shape index (κ1) is 14.1. The molecule has 2 aromatic heterocycles. The summed E-state index contributed by atoms with van der Waals surface area (Å²) in [6.45, 7) is 1.48. The van der Waals surface area contributed by atoms with E-state index in [0.717, 1.165) is 4.70 Å². The normalized spacial score (nSPS) is 15.5. The lowest BCUT2D eigenvalue weighted by molar-refractivity contribution is 0.0629. The van der Waals surface area contributed by atoms with Crippen molar-refractivity contribution in [2.24, 2.45) is 0 Å². The van der Waals surface area contributed by atoms with Crippen LogP contribution in [-0.2, 0) is 0 Å². The third-order valence-corrected chi connectivity index (χ3v) is 4.98. The molecule has 0 aliphatic carbocycles. The van der Waals surface area contributed by atoms with Gasteiger partial charge in [-0.25, -0.2) is 4.79 Å². The summed E-state index contributed by atoms with van der Waals surface area (Å²) in [5, 5.41) is 9.49. The number of amides is 2. The number of hydrogen-bond donors (Lipinski definition) is 1. The number of carbonyl (C=O) groups is 2. The molecule has 1 fully saturated rings. The van der Waals surface area contributed by atoms with Crippen LogP contribution in [-0.4, -0.2) is 58.1 Å². The summed E-state index contributed by atoms with van der Waals surface area (Å²) in [5.41, 5.74) is 0.708. The molecule has 21 heavy (non-hydrogen) atoms. The van der Waals surface area contributed by atoms with E-state index in [0.29, 0.717) is 41.6 Å². The lowest BCUT2D eigenvalue weighted by Gasteiger charge is -2.32. The van der Waals surface area contributed by atoms with Crippen LogP contribution < -0.4 is 0 Å². The molecule has 0 saturated carbocycles. The van der Waals surface area contributed by atoms with Crippen molar-refractivity contribution < 1.29 is 14.7 Å². The smallest absolute Gasteiger partial charge is 0.407 e. The second-order valence-corrected chi connectivity index (χ2v) is 6.14. The van der Waals surface area contributed by atoms with E-state index in [9.17, 15) is 9.59 Å². The van der Waals surface area contributed by atoms with Crippen molar-refractivity contribution in [3.05, 3.63) is 28.2 Å². The molecule has 1 saturated heterocycles. The highest BCUT2D eigenvalue weighted by atomic mass is 35.5. The van der Waals surface area contributed by atoms with E-state index in [1.807, 2.05) is 0 Å². The van der Waals surface area contributed by atoms with Gasteiger partial charge in [-0.3, -0.25) is 9.78 Å². The lowest BCUT2D eigenvalue weighted by Crippen LogP contribution is -2.50. The minimum Gasteiger partial charge on any atom is -0.465 e. The van der Waals surface area contributed by atoms with Gasteiger partial charge in [0.05, 0.1) is 20.1 Å². The first-order valence-electron chi connectivity index (χ1n) is 6.37. The first-order valence-corrected chi connectivity index (χ1v) is 7.57. The molecule has 0 aromatic carbocycles. The average molecular weight is 326 g/mol. The maximum Gasteiger partial charge on any atom is 0.407 e. The quantitative estimate of drug-likeness (QED) is 0.873. The van der Waals surface area contributed by atoms with Crippen molar-refractivity contribution in [2.75, 3.05) is 26.2 Å². The predicted octanol–water partition coefficient (Wildman–Crippen LogP) is 2.39. The van der Waals surface area contributed by atoms with Gasteiger partial charge in [-0.1, -0.05) is 11.6 Å². The Morgan fingerprint density at radius 2 is 1.90 bits per heavy atom. The molecule has 2 aromatic rings. The van der Waals surface area contributed by atoms with Gasteiger partial charge < -0.3 is 14.9 Å². The minimum atomic E-state index is -0.944. The number of carboxylic acid groups (broad SMARTS) is 1.